The highest BCUT2D eigenvalue weighted by atomic mass is 19.4. The highest BCUT2D eigenvalue weighted by Crippen LogP contribution is 2.32. The molecule has 9 heteroatoms. The lowest BCUT2D eigenvalue weighted by Gasteiger charge is -2.44. The lowest BCUT2D eigenvalue weighted by molar-refractivity contribution is -0.158. The zero-order valence-corrected chi connectivity index (χ0v) is 19.4. The Morgan fingerprint density at radius 2 is 1.83 bits per heavy atom. The summed E-state index contributed by atoms with van der Waals surface area (Å²) >= 11 is 0. The van der Waals surface area contributed by atoms with Crippen molar-refractivity contribution in [2.75, 3.05) is 19.8 Å². The molecule has 190 valence electrons. The van der Waals surface area contributed by atoms with Crippen LogP contribution >= 0.6 is 0 Å². The molecule has 4 atom stereocenters. The predicted molar refractivity (Wildman–Crippen MR) is 123 cm³/mol. The Hall–Kier alpha value is -2.46. The number of ether oxygens (including phenoxy) is 2. The molecule has 2 aromatic rings. The van der Waals surface area contributed by atoms with E-state index in [0.29, 0.717) is 24.9 Å². The van der Waals surface area contributed by atoms with Crippen molar-refractivity contribution in [3.8, 4) is 0 Å². The first-order chi connectivity index (χ1) is 16.8. The number of nitrogens with one attached hydrogen (secondary N) is 1. The Balaban J connectivity index is 1.38. The molecule has 2 aliphatic heterocycles. The van der Waals surface area contributed by atoms with Crippen LogP contribution in [0.5, 0.6) is 0 Å². The number of aliphatic hydroxyl groups excluding tert-OH is 1. The standard InChI is InChI=1S/C26H31F3N2O4/c27-26(28,29)20-8-4-7-19(11-20)14-31-15-21(32)16-34-17-24-23(31)10-9-22(35-24)12-25(33)30-13-18-5-2-1-3-6-18/h1-8,11,21-24,32H,9-10,12-17H2,(H,30,33)/t21-,22+,23-,24+/m1/s1. The lowest BCUT2D eigenvalue weighted by atomic mass is 9.94. The van der Waals surface area contributed by atoms with Gasteiger partial charge in [-0.05, 0) is 30.0 Å². The van der Waals surface area contributed by atoms with Crippen LogP contribution in [0.4, 0.5) is 13.2 Å². The van der Waals surface area contributed by atoms with Gasteiger partial charge in [-0.15, -0.1) is 0 Å². The molecule has 2 N–H and O–H groups in total. The summed E-state index contributed by atoms with van der Waals surface area (Å²) in [4.78, 5) is 14.5. The molecule has 35 heavy (non-hydrogen) atoms. The molecule has 0 radical (unpaired) electrons. The van der Waals surface area contributed by atoms with Gasteiger partial charge < -0.3 is 19.9 Å². The topological polar surface area (TPSA) is 71.0 Å². The van der Waals surface area contributed by atoms with E-state index in [1.54, 1.807) is 6.07 Å². The Morgan fingerprint density at radius 1 is 1.06 bits per heavy atom. The van der Waals surface area contributed by atoms with Crippen LogP contribution in [0.3, 0.4) is 0 Å². The maximum atomic E-state index is 13.2. The molecule has 1 amide bonds. The van der Waals surface area contributed by atoms with Gasteiger partial charge in [-0.3, -0.25) is 9.69 Å². The van der Waals surface area contributed by atoms with Crippen LogP contribution in [0.25, 0.3) is 0 Å². The number of fused-ring (bicyclic) bond motifs is 1. The number of hydrogen-bond donors (Lipinski definition) is 2. The van der Waals surface area contributed by atoms with Crippen molar-refractivity contribution in [3.63, 3.8) is 0 Å². The van der Waals surface area contributed by atoms with Gasteiger partial charge >= 0.3 is 6.18 Å². The SMILES string of the molecule is O=C(C[C@@H]1CC[C@@H]2[C@H](COC[C@H](O)CN2Cc2cccc(C(F)(F)F)c2)O1)NCc1ccccc1. The van der Waals surface area contributed by atoms with Crippen molar-refractivity contribution in [2.45, 2.75) is 62.9 Å². The van der Waals surface area contributed by atoms with Crippen LogP contribution in [0.1, 0.15) is 36.0 Å². The minimum Gasteiger partial charge on any atom is -0.389 e. The second-order valence-corrected chi connectivity index (χ2v) is 9.23. The van der Waals surface area contributed by atoms with Crippen molar-refractivity contribution >= 4 is 5.91 Å². The maximum absolute atomic E-state index is 13.2. The number of benzene rings is 2. The number of amides is 1. The number of halogens is 3. The summed E-state index contributed by atoms with van der Waals surface area (Å²) < 4.78 is 51.4. The fourth-order valence-electron chi connectivity index (χ4n) is 4.78. The summed E-state index contributed by atoms with van der Waals surface area (Å²) in [6.45, 7) is 1.35. The molecule has 0 saturated carbocycles. The molecule has 2 aromatic carbocycles. The summed E-state index contributed by atoms with van der Waals surface area (Å²) in [6.07, 6.45) is -4.21. The Morgan fingerprint density at radius 3 is 2.60 bits per heavy atom. The molecule has 2 saturated heterocycles. The first-order valence-corrected chi connectivity index (χ1v) is 11.9. The van der Waals surface area contributed by atoms with Crippen LogP contribution in [0, 0.1) is 0 Å². The minimum absolute atomic E-state index is 0.0969. The smallest absolute Gasteiger partial charge is 0.389 e. The minimum atomic E-state index is -4.41. The lowest BCUT2D eigenvalue weighted by Crippen LogP contribution is -2.55. The molecule has 4 rings (SSSR count). The third-order valence-corrected chi connectivity index (χ3v) is 6.47. The van der Waals surface area contributed by atoms with E-state index in [4.69, 9.17) is 9.47 Å². The largest absolute Gasteiger partial charge is 0.416 e. The zero-order chi connectivity index (χ0) is 24.8. The molecule has 2 aliphatic rings. The average molecular weight is 493 g/mol. The van der Waals surface area contributed by atoms with Crippen LogP contribution in [-0.4, -0.2) is 60.0 Å². The number of hydrogen-bond acceptors (Lipinski definition) is 5. The van der Waals surface area contributed by atoms with Crippen molar-refractivity contribution in [2.24, 2.45) is 0 Å². The maximum Gasteiger partial charge on any atom is 0.416 e. The Kier molecular flexibility index (Phi) is 8.43. The van der Waals surface area contributed by atoms with E-state index in [0.717, 1.165) is 17.7 Å². The van der Waals surface area contributed by atoms with E-state index in [-0.39, 0.29) is 56.9 Å². The van der Waals surface area contributed by atoms with Crippen molar-refractivity contribution in [3.05, 3.63) is 71.3 Å². The third kappa shape index (κ3) is 7.27. The Bertz CT molecular complexity index is 973. The molecular weight excluding hydrogens is 461 g/mol. The average Bonchev–Trinajstić information content (AvgIpc) is 2.82. The van der Waals surface area contributed by atoms with Crippen LogP contribution in [0.2, 0.25) is 0 Å². The predicted octanol–water partition coefficient (Wildman–Crippen LogP) is 3.52. The zero-order valence-electron chi connectivity index (χ0n) is 19.4. The van der Waals surface area contributed by atoms with Gasteiger partial charge in [0.05, 0.1) is 43.5 Å². The third-order valence-electron chi connectivity index (χ3n) is 6.47. The molecule has 0 aromatic heterocycles. The summed E-state index contributed by atoms with van der Waals surface area (Å²) in [5.74, 6) is -0.0969. The summed E-state index contributed by atoms with van der Waals surface area (Å²) in [5, 5.41) is 13.2. The van der Waals surface area contributed by atoms with Gasteiger partial charge in [0.25, 0.3) is 0 Å². The van der Waals surface area contributed by atoms with Gasteiger partial charge in [0.1, 0.15) is 0 Å². The molecular formula is C26H31F3N2O4. The van der Waals surface area contributed by atoms with E-state index < -0.39 is 17.8 Å². The van der Waals surface area contributed by atoms with Crippen LogP contribution < -0.4 is 5.32 Å². The first-order valence-electron chi connectivity index (χ1n) is 11.9. The van der Waals surface area contributed by atoms with Gasteiger partial charge in [-0.2, -0.15) is 13.2 Å². The number of carbonyl (C=O) groups is 1. The second kappa shape index (κ2) is 11.5. The Labute approximate surface area is 203 Å². The monoisotopic (exact) mass is 492 g/mol. The first kappa shape index (κ1) is 25.6. The summed E-state index contributed by atoms with van der Waals surface area (Å²) in [6, 6.07) is 14.8. The van der Waals surface area contributed by atoms with E-state index in [1.165, 1.54) is 6.07 Å². The highest BCUT2D eigenvalue weighted by Gasteiger charge is 2.38. The number of rotatable bonds is 6. The van der Waals surface area contributed by atoms with Crippen molar-refractivity contribution in [1.82, 2.24) is 10.2 Å². The molecule has 2 fully saturated rings. The number of alkyl halides is 3. The van der Waals surface area contributed by atoms with Gasteiger partial charge in [0.15, 0.2) is 0 Å². The van der Waals surface area contributed by atoms with E-state index >= 15 is 0 Å². The molecule has 0 bridgehead atoms. The van der Waals surface area contributed by atoms with E-state index in [9.17, 15) is 23.1 Å². The molecule has 0 unspecified atom stereocenters. The van der Waals surface area contributed by atoms with E-state index in [2.05, 4.69) is 5.32 Å². The quantitative estimate of drug-likeness (QED) is 0.646. The molecule has 6 nitrogen and oxygen atoms in total. The summed E-state index contributed by atoms with van der Waals surface area (Å²) in [7, 11) is 0. The van der Waals surface area contributed by atoms with Crippen LogP contribution in [-0.2, 0) is 33.5 Å². The number of carbonyl (C=O) groups excluding carboxylic acids is 1. The highest BCUT2D eigenvalue weighted by molar-refractivity contribution is 5.76. The second-order valence-electron chi connectivity index (χ2n) is 9.23. The van der Waals surface area contributed by atoms with Gasteiger partial charge in [-0.25, -0.2) is 0 Å². The number of nitrogens with zero attached hydrogens (tertiary/aromatic N) is 1. The fourth-order valence-corrected chi connectivity index (χ4v) is 4.78. The van der Waals surface area contributed by atoms with Crippen molar-refractivity contribution < 1.29 is 32.5 Å². The summed E-state index contributed by atoms with van der Waals surface area (Å²) in [5.41, 5.74) is 0.848. The molecule has 0 aliphatic carbocycles. The number of aliphatic hydroxyl groups is 1. The fraction of sp³-hybridized carbons (Fsp3) is 0.500. The molecule has 2 heterocycles. The normalized spacial score (nSPS) is 25.8. The van der Waals surface area contributed by atoms with Gasteiger partial charge in [0, 0.05) is 25.7 Å². The van der Waals surface area contributed by atoms with Gasteiger partial charge in [0.2, 0.25) is 5.91 Å². The van der Waals surface area contributed by atoms with Gasteiger partial charge in [-0.1, -0.05) is 48.5 Å². The van der Waals surface area contributed by atoms with Crippen molar-refractivity contribution in [1.29, 1.82) is 0 Å². The van der Waals surface area contributed by atoms with E-state index in [1.807, 2.05) is 35.2 Å². The number of β-amino-alcohol motifs (C(OH)–C–C–N with tert-alkyl or cyclic N) is 1. The molecule has 0 spiro atoms. The van der Waals surface area contributed by atoms with Crippen LogP contribution in [0.15, 0.2) is 54.6 Å².